The predicted molar refractivity (Wildman–Crippen MR) is 147 cm³/mol. The lowest BCUT2D eigenvalue weighted by molar-refractivity contribution is -0.140. The topological polar surface area (TPSA) is 96.6 Å². The number of alkyl halides is 3. The third-order valence-electron chi connectivity index (χ3n) is 6.74. The van der Waals surface area contributed by atoms with E-state index < -0.39 is 18.6 Å². The summed E-state index contributed by atoms with van der Waals surface area (Å²) in [6, 6.07) is 12.1. The van der Waals surface area contributed by atoms with Gasteiger partial charge in [0.05, 0.1) is 37.2 Å². The lowest BCUT2D eigenvalue weighted by atomic mass is 10.1. The number of primary amides is 1. The van der Waals surface area contributed by atoms with Gasteiger partial charge in [-0.05, 0) is 75.3 Å². The molecule has 39 heavy (non-hydrogen) atoms. The van der Waals surface area contributed by atoms with Gasteiger partial charge in [-0.1, -0.05) is 12.0 Å². The first-order valence-electron chi connectivity index (χ1n) is 12.7. The molecule has 1 saturated heterocycles. The number of hydrogen-bond acceptors (Lipinski definition) is 6. The first-order chi connectivity index (χ1) is 18.6. The second-order valence-corrected chi connectivity index (χ2v) is 9.54. The Morgan fingerprint density at radius 3 is 2.59 bits per heavy atom. The Morgan fingerprint density at radius 1 is 1.13 bits per heavy atom. The average Bonchev–Trinajstić information content (AvgIpc) is 3.24. The van der Waals surface area contributed by atoms with Crippen molar-refractivity contribution in [3.63, 3.8) is 0 Å². The fourth-order valence-electron chi connectivity index (χ4n) is 4.66. The number of piperidine rings is 1. The van der Waals surface area contributed by atoms with E-state index in [0.29, 0.717) is 40.6 Å². The quantitative estimate of drug-likeness (QED) is 0.243. The number of methoxy groups -OCH3 is 1. The van der Waals surface area contributed by atoms with Gasteiger partial charge in [-0.25, -0.2) is 0 Å². The maximum absolute atomic E-state index is 13.5. The molecule has 5 N–H and O–H groups in total. The number of hydrogen-bond donors (Lipinski definition) is 4. The van der Waals surface area contributed by atoms with Gasteiger partial charge in [0.2, 0.25) is 5.91 Å². The highest BCUT2D eigenvalue weighted by Crippen LogP contribution is 2.30. The van der Waals surface area contributed by atoms with Crippen LogP contribution in [-0.4, -0.2) is 68.1 Å². The zero-order valence-electron chi connectivity index (χ0n) is 22.0. The van der Waals surface area contributed by atoms with E-state index in [4.69, 9.17) is 10.5 Å². The molecular formula is C28H33F3N6O2. The predicted octanol–water partition coefficient (Wildman–Crippen LogP) is 3.83. The molecular weight excluding hydrogens is 509 g/mol. The van der Waals surface area contributed by atoms with E-state index in [-0.39, 0.29) is 12.2 Å². The molecule has 1 aromatic heterocycles. The van der Waals surface area contributed by atoms with Crippen molar-refractivity contribution in [2.24, 2.45) is 5.73 Å². The third kappa shape index (κ3) is 7.37. The largest absolute Gasteiger partial charge is 0.495 e. The summed E-state index contributed by atoms with van der Waals surface area (Å²) in [5, 5.41) is 10.6. The summed E-state index contributed by atoms with van der Waals surface area (Å²) in [6.45, 7) is 1.59. The normalized spacial score (nSPS) is 14.6. The molecule has 0 radical (unpaired) electrons. The number of halogens is 3. The van der Waals surface area contributed by atoms with Gasteiger partial charge in [0.1, 0.15) is 12.3 Å². The summed E-state index contributed by atoms with van der Waals surface area (Å²) in [6.07, 6.45) is -2.30. The highest BCUT2D eigenvalue weighted by atomic mass is 19.4. The van der Waals surface area contributed by atoms with Crippen LogP contribution in [0.15, 0.2) is 42.5 Å². The van der Waals surface area contributed by atoms with E-state index in [9.17, 15) is 18.0 Å². The summed E-state index contributed by atoms with van der Waals surface area (Å²) in [5.74, 6) is 5.62. The number of amides is 1. The molecule has 8 nitrogen and oxygen atoms in total. The van der Waals surface area contributed by atoms with Crippen LogP contribution >= 0.6 is 0 Å². The van der Waals surface area contributed by atoms with Crippen LogP contribution in [0.1, 0.15) is 28.9 Å². The number of aromatic nitrogens is 1. The minimum atomic E-state index is -4.41. The van der Waals surface area contributed by atoms with Crippen molar-refractivity contribution in [2.75, 3.05) is 51.1 Å². The van der Waals surface area contributed by atoms with Crippen molar-refractivity contribution in [3.8, 4) is 17.6 Å². The molecule has 0 unspecified atom stereocenters. The lowest BCUT2D eigenvalue weighted by Gasteiger charge is -2.29. The number of rotatable bonds is 9. The monoisotopic (exact) mass is 542 g/mol. The Hall–Kier alpha value is -3.88. The van der Waals surface area contributed by atoms with E-state index in [1.165, 1.54) is 17.7 Å². The molecule has 0 saturated carbocycles. The summed E-state index contributed by atoms with van der Waals surface area (Å²) in [7, 11) is 3.57. The average molecular weight is 543 g/mol. The van der Waals surface area contributed by atoms with Crippen LogP contribution in [0.2, 0.25) is 0 Å². The van der Waals surface area contributed by atoms with Gasteiger partial charge in [-0.3, -0.25) is 10.1 Å². The van der Waals surface area contributed by atoms with Gasteiger partial charge in [0.25, 0.3) is 0 Å². The minimum Gasteiger partial charge on any atom is -0.495 e. The number of carbonyl (C=O) groups is 1. The van der Waals surface area contributed by atoms with Crippen LogP contribution in [-0.2, 0) is 6.54 Å². The van der Waals surface area contributed by atoms with Crippen molar-refractivity contribution in [1.29, 1.82) is 0 Å². The number of nitrogens with two attached hydrogens (primary N) is 1. The molecule has 0 atom stereocenters. The van der Waals surface area contributed by atoms with Gasteiger partial charge in [-0.15, -0.1) is 0 Å². The molecule has 0 spiro atoms. The van der Waals surface area contributed by atoms with Crippen molar-refractivity contribution < 1.29 is 22.7 Å². The number of anilines is 2. The third-order valence-corrected chi connectivity index (χ3v) is 6.74. The van der Waals surface area contributed by atoms with E-state index in [1.54, 1.807) is 30.3 Å². The standard InChI is InChI=1S/C28H33F3N6O2/c1-36-13-10-20(11-14-36)34-18-35-23-6-3-7-25-22(23)16-21(37(25)17-28(29,30)31)5-4-12-33-24-9-8-19(27(32)38)15-26(24)39-2/h3,6-9,15-16,20,33-35H,10-14,17-18H2,1-2H3,(H2,32,38). The summed E-state index contributed by atoms with van der Waals surface area (Å²) in [4.78, 5) is 13.7. The lowest BCUT2D eigenvalue weighted by Crippen LogP contribution is -2.42. The van der Waals surface area contributed by atoms with Crippen LogP contribution in [0, 0.1) is 11.8 Å². The summed E-state index contributed by atoms with van der Waals surface area (Å²) < 4.78 is 47.0. The van der Waals surface area contributed by atoms with E-state index in [2.05, 4.69) is 39.7 Å². The fraction of sp³-hybridized carbons (Fsp3) is 0.393. The number of ether oxygens (including phenoxy) is 1. The molecule has 2 heterocycles. The van der Waals surface area contributed by atoms with Crippen molar-refractivity contribution in [1.82, 2.24) is 14.8 Å². The van der Waals surface area contributed by atoms with Crippen LogP contribution in [0.4, 0.5) is 24.5 Å². The van der Waals surface area contributed by atoms with Gasteiger partial charge >= 0.3 is 6.18 Å². The first-order valence-corrected chi connectivity index (χ1v) is 12.7. The van der Waals surface area contributed by atoms with Gasteiger partial charge in [0, 0.05) is 22.7 Å². The number of nitrogens with zero attached hydrogens (tertiary/aromatic N) is 2. The van der Waals surface area contributed by atoms with Gasteiger partial charge in [0.15, 0.2) is 0 Å². The van der Waals surface area contributed by atoms with Crippen LogP contribution in [0.5, 0.6) is 5.75 Å². The van der Waals surface area contributed by atoms with E-state index in [0.717, 1.165) is 31.6 Å². The summed E-state index contributed by atoms with van der Waals surface area (Å²) in [5.41, 5.74) is 7.65. The second-order valence-electron chi connectivity index (χ2n) is 9.54. The number of fused-ring (bicyclic) bond motifs is 1. The summed E-state index contributed by atoms with van der Waals surface area (Å²) >= 11 is 0. The Kier molecular flexibility index (Phi) is 8.89. The van der Waals surface area contributed by atoms with E-state index >= 15 is 0 Å². The molecule has 1 fully saturated rings. The van der Waals surface area contributed by atoms with Crippen LogP contribution in [0.25, 0.3) is 10.9 Å². The molecule has 4 rings (SSSR count). The minimum absolute atomic E-state index is 0.144. The second kappa shape index (κ2) is 12.3. The zero-order valence-corrected chi connectivity index (χ0v) is 22.0. The SMILES string of the molecule is COc1cc(C(N)=O)ccc1NCC#Cc1cc2c(NCNC3CCN(C)CC3)cccc2n1CC(F)(F)F. The molecule has 1 aliphatic rings. The van der Waals surface area contributed by atoms with Crippen LogP contribution in [0.3, 0.4) is 0 Å². The Labute approximate surface area is 225 Å². The molecule has 2 aromatic carbocycles. The van der Waals surface area contributed by atoms with Crippen molar-refractivity contribution in [2.45, 2.75) is 31.6 Å². The number of likely N-dealkylation sites (tertiary alicyclic amines) is 1. The molecule has 0 aliphatic carbocycles. The van der Waals surface area contributed by atoms with E-state index in [1.807, 2.05) is 6.07 Å². The van der Waals surface area contributed by atoms with Crippen LogP contribution < -0.4 is 26.4 Å². The highest BCUT2D eigenvalue weighted by molar-refractivity contribution is 5.94. The highest BCUT2D eigenvalue weighted by Gasteiger charge is 2.30. The van der Waals surface area contributed by atoms with Crippen molar-refractivity contribution in [3.05, 3.63) is 53.7 Å². The number of nitrogens with one attached hydrogen (secondary N) is 3. The Bertz CT molecular complexity index is 1370. The Morgan fingerprint density at radius 2 is 1.90 bits per heavy atom. The van der Waals surface area contributed by atoms with Crippen molar-refractivity contribution >= 4 is 28.2 Å². The maximum Gasteiger partial charge on any atom is 0.406 e. The molecule has 1 aliphatic heterocycles. The van der Waals surface area contributed by atoms with Gasteiger partial charge < -0.3 is 30.6 Å². The molecule has 0 bridgehead atoms. The number of benzene rings is 2. The molecule has 1 amide bonds. The van der Waals surface area contributed by atoms with Gasteiger partial charge in [-0.2, -0.15) is 13.2 Å². The maximum atomic E-state index is 13.5. The molecule has 208 valence electrons. The zero-order chi connectivity index (χ0) is 28.0. The first kappa shape index (κ1) is 28.1. The fourth-order valence-corrected chi connectivity index (χ4v) is 4.66. The molecule has 11 heteroatoms. The smallest absolute Gasteiger partial charge is 0.406 e. The molecule has 3 aromatic rings. The Balaban J connectivity index is 1.51. The number of carbonyl (C=O) groups excluding carboxylic acids is 1.